The lowest BCUT2D eigenvalue weighted by molar-refractivity contribution is 0.319. The van der Waals surface area contributed by atoms with E-state index in [2.05, 4.69) is 18.5 Å². The van der Waals surface area contributed by atoms with Gasteiger partial charge < -0.3 is 9.05 Å². The minimum Gasteiger partial charge on any atom is -0.320 e. The van der Waals surface area contributed by atoms with Crippen molar-refractivity contribution < 1.29 is 9.05 Å². The molecule has 3 nitrogen and oxygen atoms in total. The average Bonchev–Trinajstić information content (AvgIpc) is 2.71. The molecule has 4 heteroatoms. The van der Waals surface area contributed by atoms with Crippen LogP contribution in [-0.2, 0) is 9.05 Å². The van der Waals surface area contributed by atoms with Crippen LogP contribution in [0.2, 0.25) is 0 Å². The van der Waals surface area contributed by atoms with Crippen LogP contribution in [0, 0.1) is 0 Å². The van der Waals surface area contributed by atoms with Crippen LogP contribution in [0.15, 0.2) is 0 Å². The van der Waals surface area contributed by atoms with E-state index >= 15 is 0 Å². The van der Waals surface area contributed by atoms with Crippen molar-refractivity contribution >= 4 is 8.53 Å². The van der Waals surface area contributed by atoms with Gasteiger partial charge in [-0.3, -0.25) is 0 Å². The molecule has 0 amide bonds. The number of hydrogen-bond donors (Lipinski definition) is 0. The zero-order chi connectivity index (χ0) is 10.2. The fraction of sp³-hybridized carbons (Fsp3) is 1.00. The van der Waals surface area contributed by atoms with Crippen molar-refractivity contribution in [1.82, 2.24) is 4.67 Å². The smallest absolute Gasteiger partial charge is 0.258 e. The molecule has 14 heavy (non-hydrogen) atoms. The van der Waals surface area contributed by atoms with Gasteiger partial charge in [-0.2, -0.15) is 0 Å². The minimum atomic E-state index is -0.698. The van der Waals surface area contributed by atoms with Gasteiger partial charge in [0.1, 0.15) is 0 Å². The van der Waals surface area contributed by atoms with Gasteiger partial charge in [0.25, 0.3) is 8.53 Å². The highest BCUT2D eigenvalue weighted by Crippen LogP contribution is 2.46. The molecule has 0 aromatic carbocycles. The molecule has 0 bridgehead atoms. The Morgan fingerprint density at radius 2 is 1.50 bits per heavy atom. The highest BCUT2D eigenvalue weighted by atomic mass is 31.2. The first-order valence-electron chi connectivity index (χ1n) is 5.69. The van der Waals surface area contributed by atoms with Crippen LogP contribution in [-0.4, -0.2) is 31.0 Å². The van der Waals surface area contributed by atoms with E-state index in [4.69, 9.17) is 9.05 Å². The largest absolute Gasteiger partial charge is 0.320 e. The zero-order valence-electron chi connectivity index (χ0n) is 9.37. The van der Waals surface area contributed by atoms with E-state index in [1.807, 2.05) is 0 Å². The maximum atomic E-state index is 5.58. The van der Waals surface area contributed by atoms with Gasteiger partial charge in [0.15, 0.2) is 0 Å². The van der Waals surface area contributed by atoms with Crippen LogP contribution in [0.5, 0.6) is 0 Å². The summed E-state index contributed by atoms with van der Waals surface area (Å²) in [4.78, 5) is 0. The number of rotatable bonds is 7. The van der Waals surface area contributed by atoms with E-state index in [0.717, 1.165) is 26.3 Å². The molecule has 1 aliphatic heterocycles. The van der Waals surface area contributed by atoms with Crippen molar-refractivity contribution in [3.63, 3.8) is 0 Å². The van der Waals surface area contributed by atoms with Gasteiger partial charge in [-0.1, -0.05) is 26.7 Å². The molecule has 1 fully saturated rings. The molecule has 0 aliphatic carbocycles. The Labute approximate surface area is 88.7 Å². The van der Waals surface area contributed by atoms with E-state index in [-0.39, 0.29) is 0 Å². The van der Waals surface area contributed by atoms with Crippen molar-refractivity contribution in [1.29, 1.82) is 0 Å². The number of unbranched alkanes of at least 4 members (excludes halogenated alkanes) is 2. The normalized spacial score (nSPS) is 18.2. The van der Waals surface area contributed by atoms with Crippen LogP contribution in [0.1, 0.15) is 39.5 Å². The molecule has 0 spiro atoms. The summed E-state index contributed by atoms with van der Waals surface area (Å²) >= 11 is 0. The molecule has 84 valence electrons. The van der Waals surface area contributed by atoms with Crippen LogP contribution in [0.25, 0.3) is 0 Å². The zero-order valence-corrected chi connectivity index (χ0v) is 10.3. The van der Waals surface area contributed by atoms with Crippen molar-refractivity contribution in [2.75, 3.05) is 26.3 Å². The Bertz CT molecular complexity index is 132. The molecule has 0 atom stereocenters. The van der Waals surface area contributed by atoms with E-state index in [1.165, 1.54) is 25.7 Å². The lowest BCUT2D eigenvalue weighted by atomic mass is 10.3. The molecule has 1 saturated heterocycles. The molecule has 0 aromatic rings. The van der Waals surface area contributed by atoms with Gasteiger partial charge in [-0.05, 0) is 12.8 Å². The van der Waals surface area contributed by atoms with Crippen LogP contribution in [0.4, 0.5) is 0 Å². The molecular formula is C10H22NO2P. The highest BCUT2D eigenvalue weighted by Gasteiger charge is 2.24. The third kappa shape index (κ3) is 4.22. The lowest BCUT2D eigenvalue weighted by Crippen LogP contribution is -2.20. The van der Waals surface area contributed by atoms with Gasteiger partial charge in [0.05, 0.1) is 13.2 Å². The summed E-state index contributed by atoms with van der Waals surface area (Å²) in [6.07, 6.45) is 4.97. The van der Waals surface area contributed by atoms with Gasteiger partial charge >= 0.3 is 0 Å². The summed E-state index contributed by atoms with van der Waals surface area (Å²) in [7, 11) is -0.698. The summed E-state index contributed by atoms with van der Waals surface area (Å²) in [5, 5.41) is 0. The van der Waals surface area contributed by atoms with Gasteiger partial charge in [-0.25, -0.2) is 4.67 Å². The quantitative estimate of drug-likeness (QED) is 0.614. The molecular weight excluding hydrogens is 197 g/mol. The first-order valence-corrected chi connectivity index (χ1v) is 6.82. The SMILES string of the molecule is CCCCN(CCCC)P1OCCO1. The van der Waals surface area contributed by atoms with Gasteiger partial charge in [-0.15, -0.1) is 0 Å². The fourth-order valence-electron chi connectivity index (χ4n) is 1.39. The first-order chi connectivity index (χ1) is 6.88. The Kier molecular flexibility index (Phi) is 6.70. The number of nitrogens with zero attached hydrogens (tertiary/aromatic N) is 1. The molecule has 1 aliphatic rings. The highest BCUT2D eigenvalue weighted by molar-refractivity contribution is 7.44. The van der Waals surface area contributed by atoms with Crippen LogP contribution >= 0.6 is 8.53 Å². The minimum absolute atomic E-state index is 0.698. The van der Waals surface area contributed by atoms with Crippen molar-refractivity contribution in [3.05, 3.63) is 0 Å². The second-order valence-corrected chi connectivity index (χ2v) is 5.12. The second kappa shape index (κ2) is 7.58. The summed E-state index contributed by atoms with van der Waals surface area (Å²) in [5.74, 6) is 0. The summed E-state index contributed by atoms with van der Waals surface area (Å²) in [6.45, 7) is 8.26. The summed E-state index contributed by atoms with van der Waals surface area (Å²) in [6, 6.07) is 0. The van der Waals surface area contributed by atoms with E-state index in [0.29, 0.717) is 0 Å². The first kappa shape index (κ1) is 12.4. The second-order valence-electron chi connectivity index (χ2n) is 3.57. The third-order valence-corrected chi connectivity index (χ3v) is 3.93. The molecule has 0 aromatic heterocycles. The van der Waals surface area contributed by atoms with Crippen LogP contribution < -0.4 is 0 Å². The molecule has 0 saturated carbocycles. The predicted octanol–water partition coefficient (Wildman–Crippen LogP) is 3.16. The monoisotopic (exact) mass is 219 g/mol. The van der Waals surface area contributed by atoms with Crippen molar-refractivity contribution in [2.45, 2.75) is 39.5 Å². The standard InChI is InChI=1S/C10H22NO2P/c1-3-5-7-11(8-6-4-2)14-12-9-10-13-14/h3-10H2,1-2H3. The maximum absolute atomic E-state index is 5.58. The molecule has 1 rings (SSSR count). The average molecular weight is 219 g/mol. The van der Waals surface area contributed by atoms with E-state index in [1.54, 1.807) is 0 Å². The lowest BCUT2D eigenvalue weighted by Gasteiger charge is -2.24. The van der Waals surface area contributed by atoms with E-state index in [9.17, 15) is 0 Å². The molecule has 0 N–H and O–H groups in total. The topological polar surface area (TPSA) is 21.7 Å². The molecule has 0 radical (unpaired) electrons. The Hall–Kier alpha value is 0.310. The van der Waals surface area contributed by atoms with Gasteiger partial charge in [0.2, 0.25) is 0 Å². The van der Waals surface area contributed by atoms with E-state index < -0.39 is 8.53 Å². The Balaban J connectivity index is 2.26. The van der Waals surface area contributed by atoms with Crippen LogP contribution in [0.3, 0.4) is 0 Å². The fourth-order valence-corrected chi connectivity index (χ4v) is 2.86. The maximum Gasteiger partial charge on any atom is 0.258 e. The third-order valence-electron chi connectivity index (χ3n) is 2.26. The molecule has 0 unspecified atom stereocenters. The predicted molar refractivity (Wildman–Crippen MR) is 60.2 cm³/mol. The Morgan fingerprint density at radius 1 is 1.00 bits per heavy atom. The van der Waals surface area contributed by atoms with Crippen molar-refractivity contribution in [3.8, 4) is 0 Å². The van der Waals surface area contributed by atoms with Gasteiger partial charge in [0, 0.05) is 13.1 Å². The summed E-state index contributed by atoms with van der Waals surface area (Å²) < 4.78 is 13.5. The molecule has 1 heterocycles. The number of hydrogen-bond acceptors (Lipinski definition) is 3. The summed E-state index contributed by atoms with van der Waals surface area (Å²) in [5.41, 5.74) is 0. The Morgan fingerprint density at radius 3 is 1.93 bits per heavy atom. The van der Waals surface area contributed by atoms with Crippen molar-refractivity contribution in [2.24, 2.45) is 0 Å².